The molecule has 0 fully saturated rings. The maximum absolute atomic E-state index is 11.3. The number of ether oxygens (including phenoxy) is 1. The predicted molar refractivity (Wildman–Crippen MR) is 79.2 cm³/mol. The van der Waals surface area contributed by atoms with Crippen molar-refractivity contribution in [3.63, 3.8) is 0 Å². The van der Waals surface area contributed by atoms with E-state index < -0.39 is 9.05 Å². The summed E-state index contributed by atoms with van der Waals surface area (Å²) < 4.78 is 28.2. The lowest BCUT2D eigenvalue weighted by atomic mass is 9.82. The van der Waals surface area contributed by atoms with Gasteiger partial charge in [-0.15, -0.1) is 0 Å². The van der Waals surface area contributed by atoms with E-state index in [1.54, 1.807) is 24.3 Å². The highest BCUT2D eigenvalue weighted by Gasteiger charge is 2.29. The Balaban J connectivity index is 2.85. The Labute approximate surface area is 124 Å². The normalized spacial score (nSPS) is 13.6. The minimum Gasteiger partial charge on any atom is -0.492 e. The monoisotopic (exact) mass is 315 g/mol. The molecule has 0 spiro atoms. The predicted octanol–water partition coefficient (Wildman–Crippen LogP) is 3.17. The van der Waals surface area contributed by atoms with Crippen LogP contribution in [0.15, 0.2) is 24.3 Å². The van der Waals surface area contributed by atoms with Crippen LogP contribution in [0.2, 0.25) is 0 Å². The first-order valence-corrected chi connectivity index (χ1v) is 8.65. The van der Waals surface area contributed by atoms with Gasteiger partial charge in [-0.1, -0.05) is 32.9 Å². The molecule has 0 amide bonds. The number of hydrogen-bond acceptors (Lipinski definition) is 4. The van der Waals surface area contributed by atoms with E-state index in [1.807, 2.05) is 26.8 Å². The quantitative estimate of drug-likeness (QED) is 0.783. The molecule has 1 unspecified atom stereocenters. The summed E-state index contributed by atoms with van der Waals surface area (Å²) >= 11 is 0. The molecule has 0 saturated carbocycles. The fraction of sp³-hybridized carbons (Fsp3) is 0.500. The molecule has 1 aromatic rings. The lowest BCUT2D eigenvalue weighted by Crippen LogP contribution is -2.31. The van der Waals surface area contributed by atoms with Crippen molar-refractivity contribution < 1.29 is 13.2 Å². The molecule has 6 heteroatoms. The molecule has 1 aromatic carbocycles. The number of halogens is 1. The largest absolute Gasteiger partial charge is 0.492 e. The van der Waals surface area contributed by atoms with Crippen LogP contribution in [0.3, 0.4) is 0 Å². The van der Waals surface area contributed by atoms with Gasteiger partial charge in [0.05, 0.1) is 17.9 Å². The van der Waals surface area contributed by atoms with Gasteiger partial charge < -0.3 is 4.74 Å². The Hall–Kier alpha value is -1.25. The first-order valence-electron chi connectivity index (χ1n) is 6.18. The van der Waals surface area contributed by atoms with Crippen molar-refractivity contribution in [3.8, 4) is 11.8 Å². The van der Waals surface area contributed by atoms with Gasteiger partial charge in [-0.3, -0.25) is 0 Å². The fourth-order valence-corrected chi connectivity index (χ4v) is 3.20. The fourth-order valence-electron chi connectivity index (χ4n) is 1.66. The van der Waals surface area contributed by atoms with Crippen LogP contribution in [0.5, 0.6) is 5.75 Å². The zero-order valence-electron chi connectivity index (χ0n) is 11.8. The van der Waals surface area contributed by atoms with E-state index in [2.05, 4.69) is 0 Å². The van der Waals surface area contributed by atoms with E-state index in [0.717, 1.165) is 0 Å². The van der Waals surface area contributed by atoms with Crippen molar-refractivity contribution in [2.24, 2.45) is 11.3 Å². The smallest absolute Gasteiger partial charge is 0.233 e. The third-order valence-electron chi connectivity index (χ3n) is 3.07. The third kappa shape index (κ3) is 5.40. The number of hydrogen-bond donors (Lipinski definition) is 0. The Morgan fingerprint density at radius 3 is 2.45 bits per heavy atom. The molecule has 0 radical (unpaired) electrons. The van der Waals surface area contributed by atoms with Crippen LogP contribution < -0.4 is 4.74 Å². The molecule has 0 N–H and O–H groups in total. The van der Waals surface area contributed by atoms with Gasteiger partial charge in [-0.2, -0.15) is 5.26 Å². The van der Waals surface area contributed by atoms with Gasteiger partial charge in [0.25, 0.3) is 0 Å². The Morgan fingerprint density at radius 2 is 1.95 bits per heavy atom. The van der Waals surface area contributed by atoms with Crippen molar-refractivity contribution in [1.29, 1.82) is 5.26 Å². The summed E-state index contributed by atoms with van der Waals surface area (Å²) in [5, 5.41) is 8.98. The molecule has 0 aliphatic rings. The number of nitriles is 1. The molecule has 4 nitrogen and oxygen atoms in total. The molecule has 0 aliphatic heterocycles. The Morgan fingerprint density at radius 1 is 1.35 bits per heavy atom. The van der Waals surface area contributed by atoms with Gasteiger partial charge in [0.2, 0.25) is 9.05 Å². The average Bonchev–Trinajstić information content (AvgIpc) is 2.32. The van der Waals surface area contributed by atoms with Crippen LogP contribution in [0.25, 0.3) is 0 Å². The second-order valence-electron chi connectivity index (χ2n) is 5.69. The molecule has 0 heterocycles. The summed E-state index contributed by atoms with van der Waals surface area (Å²) in [6.07, 6.45) is 0. The lowest BCUT2D eigenvalue weighted by Gasteiger charge is -2.29. The highest BCUT2D eigenvalue weighted by atomic mass is 35.7. The second-order valence-corrected chi connectivity index (χ2v) is 8.51. The highest BCUT2D eigenvalue weighted by molar-refractivity contribution is 8.13. The second kappa shape index (κ2) is 6.47. The van der Waals surface area contributed by atoms with Gasteiger partial charge >= 0.3 is 0 Å². The molecular formula is C14H18ClNO3S. The van der Waals surface area contributed by atoms with E-state index in [4.69, 9.17) is 20.7 Å². The standard InChI is InChI=1S/C14H18ClNO3S/c1-14(2,3)12(10-20(15,17)18)9-19-13-7-5-4-6-11(13)8-16/h4-7,12H,9-10H2,1-3H3. The zero-order valence-corrected chi connectivity index (χ0v) is 13.3. The average molecular weight is 316 g/mol. The molecule has 0 saturated heterocycles. The molecule has 0 bridgehead atoms. The van der Waals surface area contributed by atoms with E-state index >= 15 is 0 Å². The first-order chi connectivity index (χ1) is 9.13. The van der Waals surface area contributed by atoms with Crippen molar-refractivity contribution in [3.05, 3.63) is 29.8 Å². The van der Waals surface area contributed by atoms with Crippen LogP contribution in [0.4, 0.5) is 0 Å². The van der Waals surface area contributed by atoms with Crippen LogP contribution in [0, 0.1) is 22.7 Å². The summed E-state index contributed by atoms with van der Waals surface area (Å²) in [4.78, 5) is 0. The molecule has 1 rings (SSSR count). The van der Waals surface area contributed by atoms with Gasteiger partial charge in [0.1, 0.15) is 11.8 Å². The summed E-state index contributed by atoms with van der Waals surface area (Å²) in [5.74, 6) is 0.0280. The van der Waals surface area contributed by atoms with Crippen molar-refractivity contribution in [2.45, 2.75) is 20.8 Å². The van der Waals surface area contributed by atoms with Crippen molar-refractivity contribution in [1.82, 2.24) is 0 Å². The van der Waals surface area contributed by atoms with E-state index in [-0.39, 0.29) is 23.7 Å². The first kappa shape index (κ1) is 16.8. The zero-order chi connectivity index (χ0) is 15.4. The van der Waals surface area contributed by atoms with E-state index in [1.165, 1.54) is 0 Å². The minimum absolute atomic E-state index is 0.160. The van der Waals surface area contributed by atoms with E-state index in [9.17, 15) is 8.42 Å². The molecule has 1 atom stereocenters. The number of para-hydroxylation sites is 1. The Kier molecular flexibility index (Phi) is 5.43. The van der Waals surface area contributed by atoms with Crippen molar-refractivity contribution >= 4 is 19.7 Å². The minimum atomic E-state index is -3.60. The van der Waals surface area contributed by atoms with Gasteiger partial charge in [0, 0.05) is 16.6 Å². The highest BCUT2D eigenvalue weighted by Crippen LogP contribution is 2.29. The maximum Gasteiger partial charge on any atom is 0.233 e. The summed E-state index contributed by atoms with van der Waals surface area (Å²) in [5.41, 5.74) is 0.151. The van der Waals surface area contributed by atoms with Gasteiger partial charge in [-0.05, 0) is 17.5 Å². The molecular weight excluding hydrogens is 298 g/mol. The van der Waals surface area contributed by atoms with Gasteiger partial charge in [-0.25, -0.2) is 8.42 Å². The number of benzene rings is 1. The molecule has 0 aliphatic carbocycles. The van der Waals surface area contributed by atoms with Crippen molar-refractivity contribution in [2.75, 3.05) is 12.4 Å². The molecule has 20 heavy (non-hydrogen) atoms. The third-order valence-corrected chi connectivity index (χ3v) is 4.25. The maximum atomic E-state index is 11.3. The molecule has 0 aromatic heterocycles. The summed E-state index contributed by atoms with van der Waals surface area (Å²) in [7, 11) is 1.74. The SMILES string of the molecule is CC(C)(C)C(COc1ccccc1C#N)CS(=O)(=O)Cl. The molecule has 110 valence electrons. The summed E-state index contributed by atoms with van der Waals surface area (Å²) in [6, 6.07) is 8.89. The number of nitrogens with zero attached hydrogens (tertiary/aromatic N) is 1. The van der Waals surface area contributed by atoms with Crippen LogP contribution >= 0.6 is 10.7 Å². The van der Waals surface area contributed by atoms with Gasteiger partial charge in [0.15, 0.2) is 0 Å². The summed E-state index contributed by atoms with van der Waals surface area (Å²) in [6.45, 7) is 5.98. The van der Waals surface area contributed by atoms with Crippen LogP contribution in [-0.4, -0.2) is 20.8 Å². The van der Waals surface area contributed by atoms with E-state index in [0.29, 0.717) is 11.3 Å². The van der Waals surface area contributed by atoms with Crippen LogP contribution in [-0.2, 0) is 9.05 Å². The number of rotatable bonds is 5. The lowest BCUT2D eigenvalue weighted by molar-refractivity contribution is 0.163. The topological polar surface area (TPSA) is 67.2 Å². The van der Waals surface area contributed by atoms with Crippen LogP contribution in [0.1, 0.15) is 26.3 Å². The Bertz CT molecular complexity index is 600.